The van der Waals surface area contributed by atoms with Crippen LogP contribution in [0.4, 0.5) is 30.7 Å². The van der Waals surface area contributed by atoms with Crippen LogP contribution in [0.25, 0.3) is 0 Å². The third-order valence-corrected chi connectivity index (χ3v) is 10.3. The number of benzene rings is 1. The Kier molecular flexibility index (Phi) is 11.3. The van der Waals surface area contributed by atoms with Crippen molar-refractivity contribution in [2.24, 2.45) is 0 Å². The van der Waals surface area contributed by atoms with Crippen LogP contribution in [-0.4, -0.2) is 61.9 Å². The lowest BCUT2D eigenvalue weighted by Crippen LogP contribution is -2.69. The average Bonchev–Trinajstić information content (AvgIpc) is 3.55. The van der Waals surface area contributed by atoms with Crippen molar-refractivity contribution in [1.29, 1.82) is 0 Å². The number of aromatic nitrogens is 1. The van der Waals surface area contributed by atoms with Gasteiger partial charge in [-0.1, -0.05) is 25.8 Å². The van der Waals surface area contributed by atoms with E-state index in [-0.39, 0.29) is 57.4 Å². The van der Waals surface area contributed by atoms with E-state index in [0.717, 1.165) is 34.7 Å². The molecule has 2 aliphatic heterocycles. The maximum Gasteiger partial charge on any atom is 0.425 e. The number of unbranched alkanes of at least 4 members (excludes halogenated alkanes) is 1. The van der Waals surface area contributed by atoms with E-state index in [0.29, 0.717) is 41.7 Å². The Morgan fingerprint density at radius 2 is 1.78 bits per heavy atom. The summed E-state index contributed by atoms with van der Waals surface area (Å²) in [6.07, 6.45) is -7.25. The average molecular weight is 744 g/mol. The summed E-state index contributed by atoms with van der Waals surface area (Å²) in [5, 5.41) is 10.2. The Morgan fingerprint density at radius 3 is 2.45 bits per heavy atom. The molecular weight excluding hydrogens is 707 g/mol. The van der Waals surface area contributed by atoms with Gasteiger partial charge in [-0.3, -0.25) is 19.4 Å². The first-order valence-corrected chi connectivity index (χ1v) is 17.4. The van der Waals surface area contributed by atoms with E-state index in [4.69, 9.17) is 9.84 Å². The largest absolute Gasteiger partial charge is 0.481 e. The molecule has 51 heavy (non-hydrogen) atoms. The van der Waals surface area contributed by atoms with E-state index >= 15 is 4.79 Å². The van der Waals surface area contributed by atoms with Gasteiger partial charge < -0.3 is 19.6 Å². The highest BCUT2D eigenvalue weighted by Gasteiger charge is 2.57. The van der Waals surface area contributed by atoms with E-state index < -0.39 is 69.8 Å². The number of aliphatic carboxylic acids is 1. The van der Waals surface area contributed by atoms with Gasteiger partial charge in [0.25, 0.3) is 11.8 Å². The number of alkyl halides is 6. The fourth-order valence-corrected chi connectivity index (χ4v) is 7.76. The molecule has 2 aromatic heterocycles. The maximum absolute atomic E-state index is 15.2. The molecule has 8 nitrogen and oxygen atoms in total. The summed E-state index contributed by atoms with van der Waals surface area (Å²) in [5.74, 6) is -3.58. The molecule has 0 aliphatic carbocycles. The van der Waals surface area contributed by atoms with Crippen molar-refractivity contribution >= 4 is 29.1 Å². The number of rotatable bonds is 11. The number of nitrogens with zero attached hydrogens (tertiary/aromatic N) is 3. The summed E-state index contributed by atoms with van der Waals surface area (Å²) in [6.45, 7) is 1.61. The summed E-state index contributed by atoms with van der Waals surface area (Å²) < 4.78 is 104. The summed E-state index contributed by atoms with van der Waals surface area (Å²) >= 11 is 0.349. The van der Waals surface area contributed by atoms with Crippen molar-refractivity contribution in [3.63, 3.8) is 0 Å². The Hall–Kier alpha value is -4.21. The van der Waals surface area contributed by atoms with Crippen LogP contribution in [0.1, 0.15) is 90.3 Å². The lowest BCUT2D eigenvalue weighted by atomic mass is 9.78. The zero-order valence-corrected chi connectivity index (χ0v) is 28.3. The number of carboxylic acids is 1. The molecule has 1 aromatic carbocycles. The van der Waals surface area contributed by atoms with Gasteiger partial charge in [-0.05, 0) is 67.5 Å². The number of pyridine rings is 1. The number of halogens is 7. The first-order valence-electron chi connectivity index (χ1n) is 16.5. The molecule has 1 N–H and O–H groups in total. The predicted octanol–water partition coefficient (Wildman–Crippen LogP) is 8.14. The van der Waals surface area contributed by atoms with E-state index in [2.05, 4.69) is 4.98 Å². The smallest absolute Gasteiger partial charge is 0.425 e. The number of carbonyl (C=O) groups excluding carboxylic acids is 2. The third-order valence-electron chi connectivity index (χ3n) is 9.36. The van der Waals surface area contributed by atoms with Gasteiger partial charge in [0.1, 0.15) is 22.1 Å². The quantitative estimate of drug-likeness (QED) is 0.157. The van der Waals surface area contributed by atoms with Gasteiger partial charge in [-0.15, -0.1) is 11.3 Å². The minimum Gasteiger partial charge on any atom is -0.481 e. The van der Waals surface area contributed by atoms with Crippen molar-refractivity contribution < 1.29 is 55.0 Å². The number of fused-ring (bicyclic) bond motifs is 1. The molecule has 2 amide bonds. The molecule has 2 aliphatic rings. The fraction of sp³-hybridized carbons (Fsp3) is 0.486. The van der Waals surface area contributed by atoms with Crippen LogP contribution >= 0.6 is 11.3 Å². The van der Waals surface area contributed by atoms with Gasteiger partial charge in [-0.25, -0.2) is 4.39 Å². The van der Waals surface area contributed by atoms with Crippen LogP contribution in [0.5, 0.6) is 5.75 Å². The molecule has 276 valence electrons. The van der Waals surface area contributed by atoms with Gasteiger partial charge in [0.2, 0.25) is 5.60 Å². The zero-order valence-electron chi connectivity index (χ0n) is 27.5. The highest BCUT2D eigenvalue weighted by Crippen LogP contribution is 2.44. The molecule has 0 radical (unpaired) electrons. The molecule has 1 fully saturated rings. The predicted molar refractivity (Wildman–Crippen MR) is 171 cm³/mol. The van der Waals surface area contributed by atoms with Crippen molar-refractivity contribution in [1.82, 2.24) is 14.8 Å². The lowest BCUT2D eigenvalue weighted by molar-refractivity contribution is -0.163. The van der Waals surface area contributed by atoms with Crippen molar-refractivity contribution in [2.45, 2.75) is 101 Å². The normalized spacial score (nSPS) is 20.9. The van der Waals surface area contributed by atoms with Gasteiger partial charge >= 0.3 is 18.3 Å². The first-order chi connectivity index (χ1) is 24.0. The topological polar surface area (TPSA) is 100 Å². The van der Waals surface area contributed by atoms with Gasteiger partial charge in [0.05, 0.1) is 11.6 Å². The van der Waals surface area contributed by atoms with E-state index in [1.165, 1.54) is 23.1 Å². The molecule has 3 atom stereocenters. The summed E-state index contributed by atoms with van der Waals surface area (Å²) in [6, 6.07) is 4.78. The Morgan fingerprint density at radius 1 is 1.02 bits per heavy atom. The van der Waals surface area contributed by atoms with E-state index in [1.54, 1.807) is 6.92 Å². The Labute approximate surface area is 293 Å². The van der Waals surface area contributed by atoms with E-state index in [9.17, 15) is 40.3 Å². The van der Waals surface area contributed by atoms with Crippen molar-refractivity contribution in [3.8, 4) is 5.75 Å². The molecule has 0 spiro atoms. The van der Waals surface area contributed by atoms with Crippen molar-refractivity contribution in [2.75, 3.05) is 6.54 Å². The van der Waals surface area contributed by atoms with Crippen LogP contribution in [0.3, 0.4) is 0 Å². The van der Waals surface area contributed by atoms with Gasteiger partial charge in [-0.2, -0.15) is 26.3 Å². The van der Waals surface area contributed by atoms with Crippen LogP contribution in [0, 0.1) is 5.82 Å². The fourth-order valence-electron chi connectivity index (χ4n) is 7.09. The van der Waals surface area contributed by atoms with Crippen LogP contribution in [0.15, 0.2) is 48.0 Å². The van der Waals surface area contributed by atoms with Crippen molar-refractivity contribution in [3.05, 3.63) is 81.1 Å². The molecule has 0 bridgehead atoms. The number of likely N-dealkylation sites (tertiary alicyclic amines) is 1. The monoisotopic (exact) mass is 743 g/mol. The minimum atomic E-state index is -4.93. The highest BCUT2D eigenvalue weighted by atomic mass is 32.1. The standard InChI is InChI=1S/C35H36F7N3O5S/c1-2-7-27-33(50-25-18-28(51-20-25)35(40,41)42,13-6-15-44(27)31(48)30-26(34(37,38)39)9-5-14-43-30)32(49)45-19-21-11-12-23(36)16-22(21)17-24(45)8-3-4-10-29(46)47/h5,9,11-12,14,16,18,20,24,27H,2-4,6-8,10,13,15,17,19H2,1H3,(H,46,47)/t24-,27+,33+/m0/s1. The number of carbonyl (C=O) groups is 3. The van der Waals surface area contributed by atoms with E-state index in [1.807, 2.05) is 0 Å². The number of thiophene rings is 1. The number of piperidine rings is 1. The number of carboxylic acid groups (broad SMARTS) is 1. The Balaban J connectivity index is 1.62. The molecular formula is C35H36F7N3O5S. The number of hydrogen-bond acceptors (Lipinski definition) is 6. The minimum absolute atomic E-state index is 0.0425. The SMILES string of the molecule is CCC[C@H]1N(C(=O)c2ncccc2C(F)(F)F)CCC[C@]1(Oc1csc(C(F)(F)F)c1)C(=O)N1Cc2ccc(F)cc2C[C@@H]1CCCCC(=O)O. The molecule has 1 saturated heterocycles. The summed E-state index contributed by atoms with van der Waals surface area (Å²) in [7, 11) is 0. The first kappa shape index (κ1) is 38.0. The maximum atomic E-state index is 15.2. The second-order valence-electron chi connectivity index (χ2n) is 12.8. The third kappa shape index (κ3) is 8.31. The summed E-state index contributed by atoms with van der Waals surface area (Å²) in [4.78, 5) is 45.8. The Bertz CT molecular complexity index is 1750. The van der Waals surface area contributed by atoms with Crippen LogP contribution in [-0.2, 0) is 34.9 Å². The number of ether oxygens (including phenoxy) is 1. The van der Waals surface area contributed by atoms with Gasteiger partial charge in [0, 0.05) is 49.6 Å². The molecule has 0 saturated carbocycles. The van der Waals surface area contributed by atoms with Crippen LogP contribution < -0.4 is 4.74 Å². The highest BCUT2D eigenvalue weighted by molar-refractivity contribution is 7.10. The lowest BCUT2D eigenvalue weighted by Gasteiger charge is -2.51. The second-order valence-corrected chi connectivity index (χ2v) is 13.7. The number of hydrogen-bond donors (Lipinski definition) is 1. The van der Waals surface area contributed by atoms with Gasteiger partial charge in [0.15, 0.2) is 0 Å². The van der Waals surface area contributed by atoms with Crippen LogP contribution in [0.2, 0.25) is 0 Å². The molecule has 5 rings (SSSR count). The molecule has 4 heterocycles. The summed E-state index contributed by atoms with van der Waals surface area (Å²) in [5.41, 5.74) is -2.96. The number of amides is 2. The molecule has 16 heteroatoms. The zero-order chi connectivity index (χ0) is 37.1. The second kappa shape index (κ2) is 15.2. The molecule has 0 unspecified atom stereocenters. The molecule has 3 aromatic rings.